The smallest absolute Gasteiger partial charge is 0.407 e. The lowest BCUT2D eigenvalue weighted by atomic mass is 9.96. The first-order valence-electron chi connectivity index (χ1n) is 20.9. The Bertz CT molecular complexity index is 2330. The number of fused-ring (bicyclic) bond motifs is 1. The number of methoxy groups -OCH3 is 2. The van der Waals surface area contributed by atoms with E-state index in [2.05, 4.69) is 88.2 Å². The molecule has 0 bridgehead atoms. The van der Waals surface area contributed by atoms with E-state index >= 15 is 0 Å². The van der Waals surface area contributed by atoms with E-state index in [1.54, 1.807) is 0 Å². The maximum Gasteiger partial charge on any atom is 0.407 e. The van der Waals surface area contributed by atoms with Crippen LogP contribution in [0.1, 0.15) is 84.0 Å². The standard InChI is InChI=1S/C46H56N8O6/c1-8-28-19-21-54(44(56)39(27(4)5)52-46(58)60-7)40(28)42-48-24-35(50-42)30-13-11-29(12-14-30)31-15-16-33-23-34(18-17-32(33)22-31)36-25-47-41(49-36)37-10-9-20-53(37)43(55)38(26(2)3)51-45(57)59-6/h11-18,22-28,37-40H,8-10,19-21H2,1-7H3,(H,47,49)(H,48,50)(H,51,57)(H,52,58)/t28-,37+,38?,39+,40+/m1/s1. The molecular weight excluding hydrogens is 761 g/mol. The average molecular weight is 817 g/mol. The lowest BCUT2D eigenvalue weighted by Crippen LogP contribution is -2.51. The summed E-state index contributed by atoms with van der Waals surface area (Å²) in [5.41, 5.74) is 5.89. The molecular formula is C46H56N8O6. The van der Waals surface area contributed by atoms with E-state index < -0.39 is 24.3 Å². The van der Waals surface area contributed by atoms with Gasteiger partial charge in [-0.05, 0) is 76.6 Å². The maximum atomic E-state index is 13.8. The fraction of sp³-hybridized carbons (Fsp3) is 0.435. The molecule has 316 valence electrons. The summed E-state index contributed by atoms with van der Waals surface area (Å²) < 4.78 is 9.58. The first kappa shape index (κ1) is 42.0. The lowest BCUT2D eigenvalue weighted by Gasteiger charge is -2.31. The second-order valence-corrected chi connectivity index (χ2v) is 16.6. The minimum Gasteiger partial charge on any atom is -0.453 e. The molecule has 0 aliphatic carbocycles. The summed E-state index contributed by atoms with van der Waals surface area (Å²) in [6, 6.07) is 19.3. The number of aromatic amines is 2. The highest BCUT2D eigenvalue weighted by molar-refractivity contribution is 5.91. The molecule has 1 unspecified atom stereocenters. The summed E-state index contributed by atoms with van der Waals surface area (Å²) in [4.78, 5) is 71.7. The van der Waals surface area contributed by atoms with Gasteiger partial charge in [-0.25, -0.2) is 19.6 Å². The molecule has 0 spiro atoms. The number of hydrogen-bond donors (Lipinski definition) is 4. The minimum atomic E-state index is -0.698. The van der Waals surface area contributed by atoms with E-state index in [-0.39, 0.29) is 41.7 Å². The van der Waals surface area contributed by atoms with Crippen LogP contribution in [0.5, 0.6) is 0 Å². The number of carbonyl (C=O) groups is 4. The van der Waals surface area contributed by atoms with Crippen molar-refractivity contribution in [2.24, 2.45) is 17.8 Å². The molecule has 4 heterocycles. The number of nitrogens with zero attached hydrogens (tertiary/aromatic N) is 4. The predicted octanol–water partition coefficient (Wildman–Crippen LogP) is 8.01. The molecule has 14 heteroatoms. The third-order valence-corrected chi connectivity index (χ3v) is 12.1. The van der Waals surface area contributed by atoms with Gasteiger partial charge in [0.2, 0.25) is 11.8 Å². The van der Waals surface area contributed by atoms with Crippen LogP contribution >= 0.6 is 0 Å². The summed E-state index contributed by atoms with van der Waals surface area (Å²) in [6.45, 7) is 11.0. The van der Waals surface area contributed by atoms with Gasteiger partial charge in [0, 0.05) is 18.7 Å². The highest BCUT2D eigenvalue weighted by atomic mass is 16.5. The van der Waals surface area contributed by atoms with E-state index in [1.165, 1.54) is 14.2 Å². The number of ether oxygens (including phenoxy) is 2. The normalized spacial score (nSPS) is 18.9. The monoisotopic (exact) mass is 816 g/mol. The zero-order valence-corrected chi connectivity index (χ0v) is 35.5. The predicted molar refractivity (Wildman–Crippen MR) is 229 cm³/mol. The van der Waals surface area contributed by atoms with Crippen LogP contribution in [0.15, 0.2) is 73.1 Å². The minimum absolute atomic E-state index is 0.106. The van der Waals surface area contributed by atoms with E-state index in [0.29, 0.717) is 13.1 Å². The highest BCUT2D eigenvalue weighted by Gasteiger charge is 2.42. The summed E-state index contributed by atoms with van der Waals surface area (Å²) in [5, 5.41) is 7.63. The summed E-state index contributed by atoms with van der Waals surface area (Å²) in [6.07, 6.45) is 5.80. The van der Waals surface area contributed by atoms with Crippen LogP contribution in [-0.2, 0) is 19.1 Å². The van der Waals surface area contributed by atoms with Crippen LogP contribution in [0.4, 0.5) is 9.59 Å². The number of rotatable bonds is 12. The van der Waals surface area contributed by atoms with Crippen LogP contribution in [0.2, 0.25) is 0 Å². The van der Waals surface area contributed by atoms with Gasteiger partial charge in [0.1, 0.15) is 23.7 Å². The fourth-order valence-electron chi connectivity index (χ4n) is 8.69. The fourth-order valence-corrected chi connectivity index (χ4v) is 8.69. The van der Waals surface area contributed by atoms with Crippen molar-refractivity contribution in [3.05, 3.63) is 84.7 Å². The summed E-state index contributed by atoms with van der Waals surface area (Å²) in [5.74, 6) is 1.23. The van der Waals surface area contributed by atoms with Gasteiger partial charge in [-0.3, -0.25) is 9.59 Å². The van der Waals surface area contributed by atoms with Crippen LogP contribution in [0.3, 0.4) is 0 Å². The quantitative estimate of drug-likeness (QED) is 0.0980. The third kappa shape index (κ3) is 8.59. The van der Waals surface area contributed by atoms with Crippen molar-refractivity contribution in [2.45, 2.75) is 84.5 Å². The second kappa shape index (κ2) is 18.0. The Hall–Kier alpha value is -6.18. The zero-order chi connectivity index (χ0) is 42.7. The van der Waals surface area contributed by atoms with Crippen LogP contribution in [0.25, 0.3) is 44.4 Å². The largest absolute Gasteiger partial charge is 0.453 e. The van der Waals surface area contributed by atoms with Crippen LogP contribution < -0.4 is 10.6 Å². The van der Waals surface area contributed by atoms with Crippen molar-refractivity contribution in [3.63, 3.8) is 0 Å². The van der Waals surface area contributed by atoms with Crippen molar-refractivity contribution in [1.82, 2.24) is 40.4 Å². The van der Waals surface area contributed by atoms with E-state index in [1.807, 2.05) is 49.9 Å². The number of hydrogen-bond acceptors (Lipinski definition) is 8. The first-order chi connectivity index (χ1) is 28.9. The number of H-pyrrole nitrogens is 2. The number of carbonyl (C=O) groups excluding carboxylic acids is 4. The first-order valence-corrected chi connectivity index (χ1v) is 20.9. The van der Waals surface area contributed by atoms with Crippen molar-refractivity contribution >= 4 is 34.8 Å². The molecule has 2 saturated heterocycles. The molecule has 4 amide bonds. The SMILES string of the molecule is CC[C@@H]1CCN(C(=O)[C@@H](NC(=O)OC)C(C)C)[C@@H]1c1ncc(-c2ccc(-c3ccc4cc(-c5cnc([C@@H]6CCCN6C(=O)C(NC(=O)OC)C(C)C)[nH]5)ccc4c3)cc2)[nH]1. The van der Waals surface area contributed by atoms with E-state index in [0.717, 1.165) is 81.7 Å². The molecule has 4 N–H and O–H groups in total. The summed E-state index contributed by atoms with van der Waals surface area (Å²) in [7, 11) is 2.59. The molecule has 14 nitrogen and oxygen atoms in total. The Morgan fingerprint density at radius 3 is 1.80 bits per heavy atom. The van der Waals surface area contributed by atoms with Gasteiger partial charge in [0.05, 0.1) is 50.1 Å². The van der Waals surface area contributed by atoms with Crippen LogP contribution in [-0.4, -0.2) is 93.1 Å². The van der Waals surface area contributed by atoms with Gasteiger partial charge >= 0.3 is 12.2 Å². The lowest BCUT2D eigenvalue weighted by molar-refractivity contribution is -0.136. The molecule has 2 aliphatic heterocycles. The van der Waals surface area contributed by atoms with Gasteiger partial charge in [-0.1, -0.05) is 89.6 Å². The van der Waals surface area contributed by atoms with Gasteiger partial charge in [0.15, 0.2) is 0 Å². The number of alkyl carbamates (subject to hydrolysis) is 2. The van der Waals surface area contributed by atoms with Gasteiger partial charge < -0.3 is 39.9 Å². The van der Waals surface area contributed by atoms with Gasteiger partial charge in [0.25, 0.3) is 0 Å². The van der Waals surface area contributed by atoms with Crippen molar-refractivity contribution in [2.75, 3.05) is 27.3 Å². The molecule has 0 radical (unpaired) electrons. The van der Waals surface area contributed by atoms with Crippen molar-refractivity contribution in [3.8, 4) is 33.6 Å². The number of amides is 4. The molecule has 2 fully saturated rings. The Kier molecular flexibility index (Phi) is 12.6. The molecule has 7 rings (SSSR count). The number of likely N-dealkylation sites (tertiary alicyclic amines) is 2. The number of nitrogens with one attached hydrogen (secondary N) is 4. The number of benzene rings is 3. The Balaban J connectivity index is 1.04. The molecule has 3 aromatic carbocycles. The second-order valence-electron chi connectivity index (χ2n) is 16.6. The molecule has 0 saturated carbocycles. The Morgan fingerprint density at radius 2 is 1.20 bits per heavy atom. The summed E-state index contributed by atoms with van der Waals surface area (Å²) >= 11 is 0. The zero-order valence-electron chi connectivity index (χ0n) is 35.5. The van der Waals surface area contributed by atoms with Crippen molar-refractivity contribution in [1.29, 1.82) is 0 Å². The van der Waals surface area contributed by atoms with Gasteiger partial charge in [-0.2, -0.15) is 0 Å². The Labute approximate surface area is 350 Å². The maximum absolute atomic E-state index is 13.8. The number of aromatic nitrogens is 4. The molecule has 2 aliphatic rings. The van der Waals surface area contributed by atoms with Gasteiger partial charge in [-0.15, -0.1) is 0 Å². The van der Waals surface area contributed by atoms with Crippen molar-refractivity contribution < 1.29 is 28.7 Å². The topological polar surface area (TPSA) is 175 Å². The highest BCUT2D eigenvalue weighted by Crippen LogP contribution is 2.40. The van der Waals surface area contributed by atoms with E-state index in [4.69, 9.17) is 19.4 Å². The number of imidazole rings is 2. The third-order valence-electron chi connectivity index (χ3n) is 12.1. The molecule has 5 atom stereocenters. The average Bonchev–Trinajstić information content (AvgIpc) is 4.10. The molecule has 60 heavy (non-hydrogen) atoms. The Morgan fingerprint density at radius 1 is 0.683 bits per heavy atom. The molecule has 5 aromatic rings. The molecule has 2 aromatic heterocycles. The van der Waals surface area contributed by atoms with Crippen LogP contribution in [0, 0.1) is 17.8 Å². The van der Waals surface area contributed by atoms with E-state index in [9.17, 15) is 19.2 Å².